The number of halogens is 2. The van der Waals surface area contributed by atoms with Crippen LogP contribution in [0.5, 0.6) is 28.7 Å². The van der Waals surface area contributed by atoms with Gasteiger partial charge in [-0.3, -0.25) is 14.8 Å². The van der Waals surface area contributed by atoms with E-state index in [1.54, 1.807) is 25.1 Å². The first kappa shape index (κ1) is 26.6. The minimum absolute atomic E-state index is 0.107. The molecule has 0 saturated heterocycles. The van der Waals surface area contributed by atoms with Crippen LogP contribution in [0.1, 0.15) is 16.1 Å². The van der Waals surface area contributed by atoms with E-state index in [-0.39, 0.29) is 22.7 Å². The summed E-state index contributed by atoms with van der Waals surface area (Å²) in [6, 6.07) is 8.27. The van der Waals surface area contributed by atoms with Gasteiger partial charge in [0.25, 0.3) is 5.91 Å². The summed E-state index contributed by atoms with van der Waals surface area (Å²) in [6.07, 6.45) is 2.78. The monoisotopic (exact) mass is 524 g/mol. The molecule has 0 aliphatic rings. The lowest BCUT2D eigenvalue weighted by atomic mass is 10.1. The van der Waals surface area contributed by atoms with Crippen molar-refractivity contribution < 1.29 is 32.5 Å². The van der Waals surface area contributed by atoms with Crippen LogP contribution in [-0.4, -0.2) is 50.3 Å². The normalized spacial score (nSPS) is 10.8. The van der Waals surface area contributed by atoms with Crippen molar-refractivity contribution in [2.75, 3.05) is 39.7 Å². The molecule has 9 nitrogen and oxygen atoms in total. The summed E-state index contributed by atoms with van der Waals surface area (Å²) in [7, 11) is 4.70. The molecule has 2 N–H and O–H groups in total. The predicted octanol–water partition coefficient (Wildman–Crippen LogP) is 4.88. The van der Waals surface area contributed by atoms with Crippen molar-refractivity contribution in [1.29, 1.82) is 0 Å². The fourth-order valence-electron chi connectivity index (χ4n) is 3.66. The van der Waals surface area contributed by atoms with Gasteiger partial charge in [0.15, 0.2) is 28.9 Å². The first-order valence-corrected chi connectivity index (χ1v) is 11.6. The maximum atomic E-state index is 15.0. The second kappa shape index (κ2) is 11.7. The fourth-order valence-corrected chi connectivity index (χ4v) is 3.66. The second-order valence-electron chi connectivity index (χ2n) is 8.13. The van der Waals surface area contributed by atoms with Crippen LogP contribution < -0.4 is 29.6 Å². The average Bonchev–Trinajstić information content (AvgIpc) is 2.90. The van der Waals surface area contributed by atoms with Crippen LogP contribution in [0.3, 0.4) is 0 Å². The Bertz CT molecular complexity index is 1460. The summed E-state index contributed by atoms with van der Waals surface area (Å²) in [6.45, 7) is 2.77. The number of hydrogen-bond donors (Lipinski definition) is 2. The second-order valence-corrected chi connectivity index (χ2v) is 8.13. The maximum absolute atomic E-state index is 15.0. The van der Waals surface area contributed by atoms with Gasteiger partial charge in [0, 0.05) is 60.0 Å². The van der Waals surface area contributed by atoms with E-state index >= 15 is 8.78 Å². The van der Waals surface area contributed by atoms with E-state index < -0.39 is 23.3 Å². The van der Waals surface area contributed by atoms with Crippen molar-refractivity contribution in [2.24, 2.45) is 0 Å². The molecule has 4 aromatic rings. The molecule has 0 aliphatic carbocycles. The van der Waals surface area contributed by atoms with Gasteiger partial charge in [-0.2, -0.15) is 0 Å². The molecule has 0 bridgehead atoms. The molecule has 0 radical (unpaired) electrons. The van der Waals surface area contributed by atoms with Crippen LogP contribution in [0.4, 0.5) is 14.5 Å². The number of fused-ring (bicyclic) bond motifs is 1. The minimum atomic E-state index is -1.02. The third-order valence-electron chi connectivity index (χ3n) is 5.53. The number of carbonyl (C=O) groups excluding carboxylic acids is 1. The lowest BCUT2D eigenvalue weighted by molar-refractivity contribution is 0.102. The summed E-state index contributed by atoms with van der Waals surface area (Å²) in [4.78, 5) is 21.1. The van der Waals surface area contributed by atoms with E-state index in [2.05, 4.69) is 20.6 Å². The number of nitrogens with zero attached hydrogens (tertiary/aromatic N) is 2. The molecule has 0 fully saturated rings. The molecule has 0 saturated carbocycles. The van der Waals surface area contributed by atoms with Gasteiger partial charge >= 0.3 is 0 Å². The van der Waals surface area contributed by atoms with Crippen molar-refractivity contribution in [2.45, 2.75) is 6.92 Å². The molecule has 0 atom stereocenters. The van der Waals surface area contributed by atoms with Gasteiger partial charge in [-0.15, -0.1) is 0 Å². The molecular formula is C27H26F2N4O5. The van der Waals surface area contributed by atoms with Crippen molar-refractivity contribution in [1.82, 2.24) is 15.3 Å². The summed E-state index contributed by atoms with van der Waals surface area (Å²) in [5.41, 5.74) is 1.14. The van der Waals surface area contributed by atoms with Gasteiger partial charge in [-0.25, -0.2) is 8.78 Å². The zero-order valence-electron chi connectivity index (χ0n) is 21.2. The summed E-state index contributed by atoms with van der Waals surface area (Å²) < 4.78 is 52.0. The van der Waals surface area contributed by atoms with E-state index in [4.69, 9.17) is 18.9 Å². The van der Waals surface area contributed by atoms with Crippen LogP contribution >= 0.6 is 0 Å². The van der Waals surface area contributed by atoms with Crippen LogP contribution in [-0.2, 0) is 0 Å². The van der Waals surface area contributed by atoms with Crippen molar-refractivity contribution in [3.8, 4) is 28.7 Å². The number of ether oxygens (including phenoxy) is 4. The lowest BCUT2D eigenvalue weighted by Crippen LogP contribution is -2.16. The van der Waals surface area contributed by atoms with Crippen LogP contribution in [0.15, 0.2) is 48.8 Å². The number of amides is 1. The Morgan fingerprint density at radius 2 is 1.68 bits per heavy atom. The zero-order valence-corrected chi connectivity index (χ0v) is 21.2. The summed E-state index contributed by atoms with van der Waals surface area (Å²) >= 11 is 0. The minimum Gasteiger partial charge on any atom is -0.496 e. The highest BCUT2D eigenvalue weighted by molar-refractivity contribution is 6.06. The standard InChI is InChI=1S/C27H26F2N4O5/c1-15-9-23(35-3)18(14-32-15)27(34)33-16-10-19(28)26(20(29)11-16)38-22-5-6-31-21-13-25(37-8-7-30-2)24(36-4)12-17(21)22/h5-6,9-14,30H,7-8H2,1-4H3,(H,33,34). The van der Waals surface area contributed by atoms with Gasteiger partial charge in [0.05, 0.1) is 25.3 Å². The molecule has 0 unspecified atom stereocenters. The molecule has 2 aromatic carbocycles. The van der Waals surface area contributed by atoms with E-state index in [0.717, 1.165) is 12.1 Å². The van der Waals surface area contributed by atoms with Gasteiger partial charge in [0.2, 0.25) is 0 Å². The number of anilines is 1. The van der Waals surface area contributed by atoms with E-state index in [1.165, 1.54) is 32.7 Å². The molecule has 2 heterocycles. The highest BCUT2D eigenvalue weighted by atomic mass is 19.1. The highest BCUT2D eigenvalue weighted by Gasteiger charge is 2.19. The number of hydrogen-bond acceptors (Lipinski definition) is 8. The molecule has 198 valence electrons. The molecule has 1 amide bonds. The number of rotatable bonds is 10. The number of methoxy groups -OCH3 is 2. The van der Waals surface area contributed by atoms with Gasteiger partial charge in [-0.1, -0.05) is 0 Å². The third-order valence-corrected chi connectivity index (χ3v) is 5.53. The van der Waals surface area contributed by atoms with E-state index in [9.17, 15) is 4.79 Å². The molecule has 2 aromatic heterocycles. The number of benzene rings is 2. The highest BCUT2D eigenvalue weighted by Crippen LogP contribution is 2.38. The van der Waals surface area contributed by atoms with Crippen molar-refractivity contribution in [3.63, 3.8) is 0 Å². The SMILES string of the molecule is CNCCOc1cc2nccc(Oc3c(F)cc(NC(=O)c4cnc(C)cc4OC)cc3F)c2cc1OC. The van der Waals surface area contributed by atoms with Crippen LogP contribution in [0.2, 0.25) is 0 Å². The molecule has 38 heavy (non-hydrogen) atoms. The number of pyridine rings is 2. The van der Waals surface area contributed by atoms with Crippen molar-refractivity contribution in [3.05, 3.63) is 71.7 Å². The zero-order chi connectivity index (χ0) is 27.2. The number of carbonyl (C=O) groups is 1. The number of nitrogens with one attached hydrogen (secondary N) is 2. The van der Waals surface area contributed by atoms with Gasteiger partial charge in [0.1, 0.15) is 18.1 Å². The maximum Gasteiger partial charge on any atom is 0.261 e. The Balaban J connectivity index is 1.61. The third kappa shape index (κ3) is 5.73. The molecule has 0 aliphatic heterocycles. The topological polar surface area (TPSA) is 104 Å². The summed E-state index contributed by atoms with van der Waals surface area (Å²) in [5, 5.41) is 5.90. The molecule has 4 rings (SSSR count). The Labute approximate surface area is 217 Å². The number of aromatic nitrogens is 2. The predicted molar refractivity (Wildman–Crippen MR) is 138 cm³/mol. The lowest BCUT2D eigenvalue weighted by Gasteiger charge is -2.15. The summed E-state index contributed by atoms with van der Waals surface area (Å²) in [5.74, 6) is -1.99. The van der Waals surface area contributed by atoms with Gasteiger partial charge in [-0.05, 0) is 26.1 Å². The first-order chi connectivity index (χ1) is 18.3. The number of likely N-dealkylation sites (N-methyl/N-ethyl adjacent to an activating group) is 1. The quantitative estimate of drug-likeness (QED) is 0.283. The average molecular weight is 525 g/mol. The van der Waals surface area contributed by atoms with Gasteiger partial charge < -0.3 is 29.6 Å². The Kier molecular flexibility index (Phi) is 8.17. The Morgan fingerprint density at radius 3 is 2.37 bits per heavy atom. The molecule has 0 spiro atoms. The van der Waals surface area contributed by atoms with Crippen LogP contribution in [0, 0.1) is 18.6 Å². The fraction of sp³-hybridized carbons (Fsp3) is 0.222. The smallest absolute Gasteiger partial charge is 0.261 e. The molecular weight excluding hydrogens is 498 g/mol. The van der Waals surface area contributed by atoms with E-state index in [0.29, 0.717) is 41.2 Å². The van der Waals surface area contributed by atoms with E-state index in [1.807, 2.05) is 7.05 Å². The number of aryl methyl sites for hydroxylation is 1. The van der Waals surface area contributed by atoms with Crippen LogP contribution in [0.25, 0.3) is 10.9 Å². The first-order valence-electron chi connectivity index (χ1n) is 11.6. The Hall–Kier alpha value is -4.51. The molecule has 11 heteroatoms. The Morgan fingerprint density at radius 1 is 0.947 bits per heavy atom. The largest absolute Gasteiger partial charge is 0.496 e. The van der Waals surface area contributed by atoms with Crippen molar-refractivity contribution >= 4 is 22.5 Å².